The molecular formula is C17H15NaO2S. The summed E-state index contributed by atoms with van der Waals surface area (Å²) in [6, 6.07) is 15.7. The van der Waals surface area contributed by atoms with E-state index < -0.39 is 0 Å². The number of methoxy groups -OCH3 is 1. The van der Waals surface area contributed by atoms with Crippen LogP contribution in [0.25, 0.3) is 22.2 Å². The molecule has 0 atom stereocenters. The number of rotatable bonds is 3. The number of fused-ring (bicyclic) bond motifs is 1. The molecule has 1 aromatic heterocycles. The van der Waals surface area contributed by atoms with Crippen LogP contribution < -0.4 is 4.74 Å². The van der Waals surface area contributed by atoms with Crippen LogP contribution in [0.15, 0.2) is 48.5 Å². The number of hydrogen-bond donors (Lipinski definition) is 1. The van der Waals surface area contributed by atoms with Crippen LogP contribution in [0, 0.1) is 0 Å². The van der Waals surface area contributed by atoms with Gasteiger partial charge in [-0.3, -0.25) is 0 Å². The molecule has 0 radical (unpaired) electrons. The van der Waals surface area contributed by atoms with Crippen molar-refractivity contribution in [1.29, 1.82) is 0 Å². The minimum atomic E-state index is 0. The molecule has 21 heavy (non-hydrogen) atoms. The molecule has 4 heteroatoms. The van der Waals surface area contributed by atoms with E-state index >= 15 is 0 Å². The first kappa shape index (κ1) is 16.1. The van der Waals surface area contributed by atoms with Crippen LogP contribution in [-0.4, -0.2) is 41.8 Å². The Hall–Kier alpha value is -1.26. The van der Waals surface area contributed by atoms with Gasteiger partial charge in [0.1, 0.15) is 11.5 Å². The summed E-state index contributed by atoms with van der Waals surface area (Å²) in [6.07, 6.45) is 4.03. The second kappa shape index (κ2) is 7.14. The van der Waals surface area contributed by atoms with Crippen molar-refractivity contribution in [3.63, 3.8) is 0 Å². The first-order chi connectivity index (χ1) is 9.74. The molecule has 2 aromatic carbocycles. The van der Waals surface area contributed by atoms with E-state index in [2.05, 4.69) is 24.3 Å². The third kappa shape index (κ3) is 3.89. The molecule has 0 spiro atoms. The molecule has 0 amide bonds. The average Bonchev–Trinajstić information content (AvgIpc) is 2.87. The molecule has 2 nitrogen and oxygen atoms in total. The summed E-state index contributed by atoms with van der Waals surface area (Å²) in [5.41, 5.74) is 0.916. The number of hydrogen-bond acceptors (Lipinski definition) is 3. The molecule has 0 aliphatic rings. The number of ether oxygens (including phenoxy) is 1. The quantitative estimate of drug-likeness (QED) is 0.737. The summed E-state index contributed by atoms with van der Waals surface area (Å²) in [6.45, 7) is 0. The molecule has 102 valence electrons. The van der Waals surface area contributed by atoms with E-state index in [0.29, 0.717) is 5.75 Å². The Morgan fingerprint density at radius 3 is 2.62 bits per heavy atom. The van der Waals surface area contributed by atoms with Crippen molar-refractivity contribution >= 4 is 63.1 Å². The molecule has 0 unspecified atom stereocenters. The molecule has 1 heterocycles. The summed E-state index contributed by atoms with van der Waals surface area (Å²) >= 11 is 1.75. The second-order valence-corrected chi connectivity index (χ2v) is 5.60. The van der Waals surface area contributed by atoms with Crippen molar-refractivity contribution in [3.8, 4) is 11.5 Å². The van der Waals surface area contributed by atoms with Crippen LogP contribution >= 0.6 is 11.3 Å². The van der Waals surface area contributed by atoms with Gasteiger partial charge < -0.3 is 9.84 Å². The van der Waals surface area contributed by atoms with E-state index in [1.165, 1.54) is 15.0 Å². The van der Waals surface area contributed by atoms with Gasteiger partial charge in [0.2, 0.25) is 0 Å². The van der Waals surface area contributed by atoms with Crippen molar-refractivity contribution in [2.75, 3.05) is 7.11 Å². The second-order valence-electron chi connectivity index (χ2n) is 4.48. The van der Waals surface area contributed by atoms with Crippen molar-refractivity contribution in [3.05, 3.63) is 59.0 Å². The van der Waals surface area contributed by atoms with Gasteiger partial charge in [-0.2, -0.15) is 0 Å². The molecule has 3 aromatic rings. The Morgan fingerprint density at radius 1 is 1.05 bits per heavy atom. The Bertz CT molecular complexity index is 744. The van der Waals surface area contributed by atoms with Crippen LogP contribution in [0.2, 0.25) is 0 Å². The van der Waals surface area contributed by atoms with Gasteiger partial charge in [-0.25, -0.2) is 0 Å². The van der Waals surface area contributed by atoms with Gasteiger partial charge in [-0.15, -0.1) is 11.3 Å². The Kier molecular flexibility index (Phi) is 5.48. The van der Waals surface area contributed by atoms with Crippen molar-refractivity contribution < 1.29 is 9.84 Å². The molecule has 3 rings (SSSR count). The van der Waals surface area contributed by atoms with Crippen LogP contribution in [0.1, 0.15) is 10.4 Å². The third-order valence-corrected chi connectivity index (χ3v) is 4.12. The molecule has 0 aliphatic carbocycles. The molecule has 0 fully saturated rings. The normalized spacial score (nSPS) is 10.7. The zero-order chi connectivity index (χ0) is 13.9. The first-order valence-corrected chi connectivity index (χ1v) is 7.11. The number of aromatic hydroxyl groups is 1. The monoisotopic (exact) mass is 306 g/mol. The van der Waals surface area contributed by atoms with Crippen LogP contribution in [0.3, 0.4) is 0 Å². The summed E-state index contributed by atoms with van der Waals surface area (Å²) in [5, 5.41) is 10.9. The van der Waals surface area contributed by atoms with Gasteiger partial charge in [0.05, 0.1) is 7.11 Å². The molecule has 0 bridgehead atoms. The zero-order valence-corrected chi connectivity index (χ0v) is 11.9. The van der Waals surface area contributed by atoms with Crippen molar-refractivity contribution in [2.45, 2.75) is 0 Å². The number of phenols is 1. The van der Waals surface area contributed by atoms with E-state index in [1.54, 1.807) is 30.6 Å². The third-order valence-electron chi connectivity index (χ3n) is 3.03. The van der Waals surface area contributed by atoms with E-state index in [-0.39, 0.29) is 35.3 Å². The molecule has 0 saturated heterocycles. The van der Waals surface area contributed by atoms with Gasteiger partial charge in [0, 0.05) is 15.6 Å². The molecular weight excluding hydrogens is 291 g/mol. The predicted octanol–water partition coefficient (Wildman–Crippen LogP) is 4.14. The summed E-state index contributed by atoms with van der Waals surface area (Å²) < 4.78 is 6.42. The van der Waals surface area contributed by atoms with Crippen LogP contribution in [0.4, 0.5) is 0 Å². The van der Waals surface area contributed by atoms with Crippen molar-refractivity contribution in [1.82, 2.24) is 0 Å². The van der Waals surface area contributed by atoms with Crippen molar-refractivity contribution in [2.24, 2.45) is 0 Å². The standard InChI is InChI=1S/C17H14O2S.Na.H/c1-19-15-9-12(8-14(18)11-15)6-7-16-10-13-4-2-3-5-17(13)20-16;;/h2-11,18H,1H3;;. The van der Waals surface area contributed by atoms with Gasteiger partial charge in [0.25, 0.3) is 0 Å². The Morgan fingerprint density at radius 2 is 1.86 bits per heavy atom. The summed E-state index contributed by atoms with van der Waals surface area (Å²) in [5.74, 6) is 0.862. The summed E-state index contributed by atoms with van der Waals surface area (Å²) in [7, 11) is 1.59. The Balaban J connectivity index is 0.00000161. The number of phenolic OH excluding ortho intramolecular Hbond substituents is 1. The van der Waals surface area contributed by atoms with Gasteiger partial charge in [-0.1, -0.05) is 24.3 Å². The Labute approximate surface area is 150 Å². The minimum absolute atomic E-state index is 0. The zero-order valence-electron chi connectivity index (χ0n) is 11.0. The maximum absolute atomic E-state index is 9.63. The van der Waals surface area contributed by atoms with E-state index in [9.17, 15) is 5.11 Å². The fraction of sp³-hybridized carbons (Fsp3) is 0.0588. The molecule has 1 N–H and O–H groups in total. The SMILES string of the molecule is COc1cc(O)cc(C=Cc2cc3ccccc3s2)c1.[NaH]. The van der Waals surface area contributed by atoms with E-state index in [4.69, 9.17) is 4.74 Å². The average molecular weight is 306 g/mol. The van der Waals surface area contributed by atoms with Gasteiger partial charge in [0.15, 0.2) is 0 Å². The predicted molar refractivity (Wildman–Crippen MR) is 92.6 cm³/mol. The molecule has 0 aliphatic heterocycles. The van der Waals surface area contributed by atoms with Gasteiger partial charge in [-0.05, 0) is 41.3 Å². The number of benzene rings is 2. The first-order valence-electron chi connectivity index (χ1n) is 6.29. The van der Waals surface area contributed by atoms with Crippen LogP contribution in [-0.2, 0) is 0 Å². The molecule has 0 saturated carbocycles. The van der Waals surface area contributed by atoms with Crippen LogP contribution in [0.5, 0.6) is 11.5 Å². The fourth-order valence-electron chi connectivity index (χ4n) is 2.08. The van der Waals surface area contributed by atoms with Gasteiger partial charge >= 0.3 is 29.6 Å². The number of thiophene rings is 1. The topological polar surface area (TPSA) is 29.5 Å². The summed E-state index contributed by atoms with van der Waals surface area (Å²) in [4.78, 5) is 1.19. The maximum atomic E-state index is 9.63. The fourth-order valence-corrected chi connectivity index (χ4v) is 3.05. The van der Waals surface area contributed by atoms with E-state index in [1.807, 2.05) is 24.3 Å². The van der Waals surface area contributed by atoms with E-state index in [0.717, 1.165) is 5.56 Å².